The van der Waals surface area contributed by atoms with Crippen LogP contribution in [0.25, 0.3) is 0 Å². The van der Waals surface area contributed by atoms with E-state index in [1.807, 2.05) is 78.9 Å². The summed E-state index contributed by atoms with van der Waals surface area (Å²) in [6.07, 6.45) is 3.07. The summed E-state index contributed by atoms with van der Waals surface area (Å²) >= 11 is 0. The predicted molar refractivity (Wildman–Crippen MR) is 150 cm³/mol. The van der Waals surface area contributed by atoms with Gasteiger partial charge in [0.05, 0.1) is 11.8 Å². The largest absolute Gasteiger partial charge is 0.387 e. The molecule has 5 heteroatoms. The van der Waals surface area contributed by atoms with Gasteiger partial charge >= 0.3 is 0 Å². The van der Waals surface area contributed by atoms with E-state index in [-0.39, 0.29) is 17.7 Å². The predicted octanol–water partition coefficient (Wildman–Crippen LogP) is 7.30. The zero-order valence-electron chi connectivity index (χ0n) is 21.7. The molecule has 0 radical (unpaired) electrons. The molecule has 0 aliphatic carbocycles. The van der Waals surface area contributed by atoms with Crippen LogP contribution in [0.15, 0.2) is 91.0 Å². The minimum absolute atomic E-state index is 0.0303. The average molecular weight is 507 g/mol. The maximum atomic E-state index is 15.8. The molecular weight excluding hydrogens is 467 g/mol. The maximum Gasteiger partial charge on any atom is 0.196 e. The van der Waals surface area contributed by atoms with Gasteiger partial charge in [0.15, 0.2) is 21.2 Å². The first-order valence-corrected chi connectivity index (χ1v) is 18.1. The number of hydrogen-bond donors (Lipinski definition) is 0. The van der Waals surface area contributed by atoms with Crippen molar-refractivity contribution >= 4 is 26.1 Å². The van der Waals surface area contributed by atoms with Gasteiger partial charge in [-0.25, -0.2) is 0 Å². The Morgan fingerprint density at radius 3 is 1.80 bits per heavy atom. The monoisotopic (exact) mass is 506 g/mol. The van der Waals surface area contributed by atoms with Crippen LogP contribution in [0, 0.1) is 5.92 Å². The zero-order chi connectivity index (χ0) is 25.1. The molecule has 0 amide bonds. The third-order valence-corrected chi connectivity index (χ3v) is 11.6. The van der Waals surface area contributed by atoms with Crippen LogP contribution in [0.3, 0.4) is 0 Å². The van der Waals surface area contributed by atoms with Gasteiger partial charge in [-0.3, -0.25) is 0 Å². The molecule has 0 saturated carbocycles. The van der Waals surface area contributed by atoms with Gasteiger partial charge in [-0.2, -0.15) is 0 Å². The Labute approximate surface area is 212 Å². The first kappa shape index (κ1) is 26.1. The smallest absolute Gasteiger partial charge is 0.196 e. The number of rotatable bonds is 9. The van der Waals surface area contributed by atoms with Gasteiger partial charge in [0.2, 0.25) is 0 Å². The Hall–Kier alpha value is -1.97. The Balaban J connectivity index is 2.02. The molecule has 35 heavy (non-hydrogen) atoms. The maximum absolute atomic E-state index is 15.8. The van der Waals surface area contributed by atoms with Gasteiger partial charge in [-0.15, -0.1) is 0 Å². The molecule has 3 nitrogen and oxygen atoms in total. The lowest BCUT2D eigenvalue weighted by molar-refractivity contribution is -0.186. The molecule has 1 aliphatic heterocycles. The van der Waals surface area contributed by atoms with Gasteiger partial charge < -0.3 is 13.7 Å². The third-order valence-electron chi connectivity index (χ3n) is 6.95. The van der Waals surface area contributed by atoms with Crippen LogP contribution in [0.1, 0.15) is 38.7 Å². The molecule has 1 unspecified atom stereocenters. The lowest BCUT2D eigenvalue weighted by Gasteiger charge is -2.43. The highest BCUT2D eigenvalue weighted by atomic mass is 31.2. The Morgan fingerprint density at radius 2 is 1.34 bits per heavy atom. The third kappa shape index (κ3) is 5.13. The Morgan fingerprint density at radius 1 is 0.857 bits per heavy atom. The van der Waals surface area contributed by atoms with Crippen molar-refractivity contribution in [3.63, 3.8) is 0 Å². The molecule has 4 rings (SSSR count). The first-order chi connectivity index (χ1) is 16.7. The van der Waals surface area contributed by atoms with E-state index < -0.39 is 21.2 Å². The van der Waals surface area contributed by atoms with E-state index in [0.29, 0.717) is 0 Å². The summed E-state index contributed by atoms with van der Waals surface area (Å²) in [5.41, 5.74) is 0.612. The van der Waals surface area contributed by atoms with Crippen molar-refractivity contribution in [1.29, 1.82) is 0 Å². The van der Waals surface area contributed by atoms with Crippen molar-refractivity contribution in [2.75, 3.05) is 0 Å². The molecule has 3 aromatic carbocycles. The van der Waals surface area contributed by atoms with E-state index in [2.05, 4.69) is 45.6 Å². The van der Waals surface area contributed by atoms with Crippen LogP contribution in [0.5, 0.6) is 0 Å². The van der Waals surface area contributed by atoms with Crippen molar-refractivity contribution in [3.8, 4) is 0 Å². The normalized spacial score (nSPS) is 25.0. The number of unbranched alkanes of at least 4 members (excludes halogenated alkanes) is 1. The second kappa shape index (κ2) is 10.6. The van der Waals surface area contributed by atoms with E-state index in [1.165, 1.54) is 0 Å². The first-order valence-electron chi connectivity index (χ1n) is 12.9. The fourth-order valence-electron chi connectivity index (χ4n) is 5.53. The summed E-state index contributed by atoms with van der Waals surface area (Å²) in [6.45, 7) is 11.0. The fraction of sp³-hybridized carbons (Fsp3) is 0.400. The molecule has 0 bridgehead atoms. The number of ether oxygens (including phenoxy) is 1. The highest BCUT2D eigenvalue weighted by molar-refractivity contribution is 7.79. The van der Waals surface area contributed by atoms with E-state index in [4.69, 9.17) is 9.16 Å². The molecule has 0 aromatic heterocycles. The fourth-order valence-corrected chi connectivity index (χ4v) is 10.6. The summed E-state index contributed by atoms with van der Waals surface area (Å²) in [5, 5.41) is 1.73. The number of benzene rings is 3. The van der Waals surface area contributed by atoms with Gasteiger partial charge in [0.1, 0.15) is 0 Å². The zero-order valence-corrected chi connectivity index (χ0v) is 23.6. The van der Waals surface area contributed by atoms with Crippen LogP contribution in [0.2, 0.25) is 19.6 Å². The van der Waals surface area contributed by atoms with E-state index in [1.54, 1.807) is 0 Å². The van der Waals surface area contributed by atoms with Crippen LogP contribution in [0.4, 0.5) is 0 Å². The van der Waals surface area contributed by atoms with Crippen molar-refractivity contribution in [2.24, 2.45) is 5.92 Å². The minimum Gasteiger partial charge on any atom is -0.387 e. The molecule has 4 atom stereocenters. The molecule has 0 spiro atoms. The van der Waals surface area contributed by atoms with E-state index in [0.717, 1.165) is 35.4 Å². The lowest BCUT2D eigenvalue weighted by atomic mass is 9.93. The Bertz CT molecular complexity index is 1090. The van der Waals surface area contributed by atoms with Crippen LogP contribution < -0.4 is 10.6 Å². The summed E-state index contributed by atoms with van der Waals surface area (Å²) < 4.78 is 29.9. The standard InChI is InChI=1S/C30H39O3PSi/c1-6-7-23-28-24(2)29(30(32-28,33-35(3,4)5)25-17-11-8-12-18-25)34(31,26-19-13-9-14-20-26)27-21-15-10-16-22-27/h8-22,24,28-29H,6-7,23H2,1-5H3/t24?,28-,29-,30-/m1/s1. The molecular formula is C30H39O3PSi. The van der Waals surface area contributed by atoms with Gasteiger partial charge in [0.25, 0.3) is 0 Å². The number of hydrogen-bond acceptors (Lipinski definition) is 3. The second-order valence-corrected chi connectivity index (χ2v) is 18.0. The Kier molecular flexibility index (Phi) is 7.88. The van der Waals surface area contributed by atoms with Crippen LogP contribution >= 0.6 is 7.14 Å². The highest BCUT2D eigenvalue weighted by Crippen LogP contribution is 2.64. The van der Waals surface area contributed by atoms with Crippen molar-refractivity contribution in [2.45, 2.75) is 70.3 Å². The summed E-state index contributed by atoms with van der Waals surface area (Å²) in [5.74, 6) is -1.03. The van der Waals surface area contributed by atoms with Crippen molar-refractivity contribution < 1.29 is 13.7 Å². The van der Waals surface area contributed by atoms with Gasteiger partial charge in [-0.1, -0.05) is 118 Å². The molecule has 0 N–H and O–H groups in total. The van der Waals surface area contributed by atoms with E-state index >= 15 is 4.57 Å². The molecule has 1 aliphatic rings. The van der Waals surface area contributed by atoms with Crippen LogP contribution in [-0.2, 0) is 19.5 Å². The molecule has 3 aromatic rings. The minimum atomic E-state index is -3.20. The SMILES string of the molecule is CCCC[C@H]1O[C@@](O[Si](C)(C)C)(c2ccccc2)[C@H](P(=O)(c2ccccc2)c2ccccc2)C1C. The lowest BCUT2D eigenvalue weighted by Crippen LogP contribution is -2.50. The average Bonchev–Trinajstić information content (AvgIpc) is 3.14. The topological polar surface area (TPSA) is 35.5 Å². The summed E-state index contributed by atoms with van der Waals surface area (Å²) in [7, 11) is -5.33. The molecule has 1 saturated heterocycles. The molecule has 186 valence electrons. The highest BCUT2D eigenvalue weighted by Gasteiger charge is 2.63. The second-order valence-electron chi connectivity index (χ2n) is 10.7. The quantitative estimate of drug-likeness (QED) is 0.226. The van der Waals surface area contributed by atoms with Crippen LogP contribution in [-0.4, -0.2) is 20.1 Å². The van der Waals surface area contributed by atoms with Crippen molar-refractivity contribution in [3.05, 3.63) is 96.6 Å². The van der Waals surface area contributed by atoms with E-state index in [9.17, 15) is 0 Å². The van der Waals surface area contributed by atoms with Crippen molar-refractivity contribution in [1.82, 2.24) is 0 Å². The summed E-state index contributed by atoms with van der Waals surface area (Å²) in [4.78, 5) is 0. The van der Waals surface area contributed by atoms with Gasteiger partial charge in [-0.05, 0) is 32.0 Å². The molecule has 1 fully saturated rings. The molecule has 1 heterocycles. The summed E-state index contributed by atoms with van der Waals surface area (Å²) in [6, 6.07) is 30.3. The van der Waals surface area contributed by atoms with Gasteiger partial charge in [0, 0.05) is 16.2 Å².